The van der Waals surface area contributed by atoms with Crippen LogP contribution < -0.4 is 5.73 Å². The third-order valence-electron chi connectivity index (χ3n) is 3.19. The van der Waals surface area contributed by atoms with Gasteiger partial charge in [0.15, 0.2) is 0 Å². The van der Waals surface area contributed by atoms with Crippen LogP contribution in [0.4, 0.5) is 0 Å². The van der Waals surface area contributed by atoms with E-state index in [1.165, 1.54) is 11.3 Å². The molecule has 0 atom stereocenters. The molecule has 2 heterocycles. The van der Waals surface area contributed by atoms with E-state index in [0.717, 1.165) is 16.9 Å². The minimum atomic E-state index is 0.569. The summed E-state index contributed by atoms with van der Waals surface area (Å²) in [7, 11) is 0. The van der Waals surface area contributed by atoms with Crippen LogP contribution in [0.25, 0.3) is 5.69 Å². The average Bonchev–Trinajstić information content (AvgIpc) is 2.94. The maximum absolute atomic E-state index is 5.59. The van der Waals surface area contributed by atoms with Crippen molar-refractivity contribution in [3.8, 4) is 5.69 Å². The number of ether oxygens (including phenoxy) is 1. The van der Waals surface area contributed by atoms with Crippen LogP contribution in [0.1, 0.15) is 22.5 Å². The van der Waals surface area contributed by atoms with Crippen molar-refractivity contribution in [2.24, 2.45) is 5.73 Å². The van der Waals surface area contributed by atoms with Gasteiger partial charge in [-0.25, -0.2) is 4.68 Å². The second-order valence-corrected chi connectivity index (χ2v) is 4.29. The van der Waals surface area contributed by atoms with E-state index in [1.54, 1.807) is 0 Å². The van der Waals surface area contributed by atoms with E-state index in [1.807, 2.05) is 35.9 Å². The monoisotopic (exact) mass is 229 g/mol. The van der Waals surface area contributed by atoms with Crippen molar-refractivity contribution >= 4 is 0 Å². The molecule has 0 unspecified atom stereocenters. The molecule has 17 heavy (non-hydrogen) atoms. The number of fused-ring (bicyclic) bond motifs is 1. The first-order valence-corrected chi connectivity index (χ1v) is 5.74. The van der Waals surface area contributed by atoms with Gasteiger partial charge in [0.1, 0.15) is 0 Å². The Balaban J connectivity index is 2.06. The molecule has 1 aliphatic heterocycles. The molecule has 3 rings (SSSR count). The summed E-state index contributed by atoms with van der Waals surface area (Å²) in [6.07, 6.45) is 0. The largest absolute Gasteiger partial charge is 0.370 e. The average molecular weight is 229 g/mol. The first-order chi connectivity index (χ1) is 8.29. The van der Waals surface area contributed by atoms with Crippen LogP contribution in [-0.2, 0) is 24.5 Å². The van der Waals surface area contributed by atoms with Crippen molar-refractivity contribution in [1.82, 2.24) is 9.78 Å². The van der Waals surface area contributed by atoms with E-state index < -0.39 is 0 Å². The van der Waals surface area contributed by atoms with Gasteiger partial charge < -0.3 is 10.5 Å². The van der Waals surface area contributed by atoms with Crippen LogP contribution in [0.15, 0.2) is 24.3 Å². The highest BCUT2D eigenvalue weighted by atomic mass is 16.5. The quantitative estimate of drug-likeness (QED) is 0.852. The number of hydrogen-bond donors (Lipinski definition) is 1. The maximum Gasteiger partial charge on any atom is 0.0897 e. The summed E-state index contributed by atoms with van der Waals surface area (Å²) in [5.41, 5.74) is 11.2. The number of aromatic nitrogens is 2. The van der Waals surface area contributed by atoms with E-state index >= 15 is 0 Å². The number of aryl methyl sites for hydroxylation is 1. The fourth-order valence-electron chi connectivity index (χ4n) is 2.18. The molecule has 88 valence electrons. The zero-order chi connectivity index (χ0) is 11.8. The van der Waals surface area contributed by atoms with Gasteiger partial charge in [-0.3, -0.25) is 0 Å². The number of rotatable bonds is 2. The van der Waals surface area contributed by atoms with Crippen LogP contribution in [-0.4, -0.2) is 9.78 Å². The molecule has 0 amide bonds. The van der Waals surface area contributed by atoms with Crippen molar-refractivity contribution in [3.63, 3.8) is 0 Å². The number of nitrogens with zero attached hydrogens (tertiary/aromatic N) is 2. The molecule has 4 nitrogen and oxygen atoms in total. The molecule has 2 N–H and O–H groups in total. The highest BCUT2D eigenvalue weighted by Crippen LogP contribution is 2.25. The summed E-state index contributed by atoms with van der Waals surface area (Å²) in [4.78, 5) is 0. The molecule has 0 fully saturated rings. The predicted octanol–water partition coefficient (Wildman–Crippen LogP) is 1.67. The highest BCUT2D eigenvalue weighted by Gasteiger charge is 2.21. The summed E-state index contributed by atoms with van der Waals surface area (Å²) in [5.74, 6) is 0. The van der Waals surface area contributed by atoms with E-state index in [9.17, 15) is 0 Å². The minimum Gasteiger partial charge on any atom is -0.370 e. The molecular formula is C13H15N3O. The zero-order valence-corrected chi connectivity index (χ0v) is 9.81. The van der Waals surface area contributed by atoms with Gasteiger partial charge in [-0.15, -0.1) is 0 Å². The van der Waals surface area contributed by atoms with E-state index in [4.69, 9.17) is 10.5 Å². The number of hydrogen-bond acceptors (Lipinski definition) is 3. The molecule has 0 saturated carbocycles. The Kier molecular flexibility index (Phi) is 2.46. The standard InChI is InChI=1S/C13H15N3O/c1-9-12-7-17-8-13(12)16(15-9)11-4-2-10(6-14)3-5-11/h2-5H,6-8,14H2,1H3. The maximum atomic E-state index is 5.59. The lowest BCUT2D eigenvalue weighted by Gasteiger charge is -2.06. The lowest BCUT2D eigenvalue weighted by molar-refractivity contribution is 0.130. The summed E-state index contributed by atoms with van der Waals surface area (Å²) in [6, 6.07) is 8.17. The fourth-order valence-corrected chi connectivity index (χ4v) is 2.18. The van der Waals surface area contributed by atoms with Gasteiger partial charge in [-0.1, -0.05) is 12.1 Å². The minimum absolute atomic E-state index is 0.569. The molecule has 0 radical (unpaired) electrons. The fraction of sp³-hybridized carbons (Fsp3) is 0.308. The molecule has 0 saturated heterocycles. The van der Waals surface area contributed by atoms with Gasteiger partial charge in [-0.05, 0) is 24.6 Å². The summed E-state index contributed by atoms with van der Waals surface area (Å²) < 4.78 is 7.43. The van der Waals surface area contributed by atoms with Crippen LogP contribution >= 0.6 is 0 Å². The lowest BCUT2D eigenvalue weighted by Crippen LogP contribution is -2.02. The van der Waals surface area contributed by atoms with Crippen LogP contribution in [0, 0.1) is 6.92 Å². The Morgan fingerprint density at radius 1 is 1.29 bits per heavy atom. The molecule has 1 aliphatic rings. The molecular weight excluding hydrogens is 214 g/mol. The van der Waals surface area contributed by atoms with Crippen molar-refractivity contribution in [2.75, 3.05) is 0 Å². The van der Waals surface area contributed by atoms with E-state index in [2.05, 4.69) is 5.10 Å². The topological polar surface area (TPSA) is 53.1 Å². The SMILES string of the molecule is Cc1nn(-c2ccc(CN)cc2)c2c1COC2. The normalized spacial score (nSPS) is 14.0. The molecule has 0 spiro atoms. The Hall–Kier alpha value is -1.65. The number of nitrogens with two attached hydrogens (primary N) is 1. The van der Waals surface area contributed by atoms with Gasteiger partial charge in [0, 0.05) is 12.1 Å². The second-order valence-electron chi connectivity index (χ2n) is 4.29. The van der Waals surface area contributed by atoms with Gasteiger partial charge in [-0.2, -0.15) is 5.10 Å². The Labute approximate surface area is 100 Å². The van der Waals surface area contributed by atoms with Crippen molar-refractivity contribution < 1.29 is 4.74 Å². The third-order valence-corrected chi connectivity index (χ3v) is 3.19. The Morgan fingerprint density at radius 3 is 2.76 bits per heavy atom. The van der Waals surface area contributed by atoms with Gasteiger partial charge >= 0.3 is 0 Å². The summed E-state index contributed by atoms with van der Waals surface area (Å²) in [5, 5.41) is 4.56. The second kappa shape index (κ2) is 3.98. The third kappa shape index (κ3) is 1.66. The summed E-state index contributed by atoms with van der Waals surface area (Å²) in [6.45, 7) is 3.93. The van der Waals surface area contributed by atoms with Gasteiger partial charge in [0.05, 0.1) is 30.3 Å². The molecule has 4 heteroatoms. The Morgan fingerprint density at radius 2 is 2.06 bits per heavy atom. The van der Waals surface area contributed by atoms with Crippen LogP contribution in [0.3, 0.4) is 0 Å². The molecule has 0 aliphatic carbocycles. The van der Waals surface area contributed by atoms with Gasteiger partial charge in [0.2, 0.25) is 0 Å². The molecule has 0 bridgehead atoms. The first-order valence-electron chi connectivity index (χ1n) is 5.74. The predicted molar refractivity (Wildman–Crippen MR) is 64.7 cm³/mol. The zero-order valence-electron chi connectivity index (χ0n) is 9.81. The lowest BCUT2D eigenvalue weighted by atomic mass is 10.2. The molecule has 2 aromatic rings. The van der Waals surface area contributed by atoms with Crippen molar-refractivity contribution in [2.45, 2.75) is 26.7 Å². The van der Waals surface area contributed by atoms with Crippen molar-refractivity contribution in [3.05, 3.63) is 46.8 Å². The first kappa shape index (κ1) is 10.5. The highest BCUT2D eigenvalue weighted by molar-refractivity contribution is 5.39. The molecule has 1 aromatic carbocycles. The van der Waals surface area contributed by atoms with Gasteiger partial charge in [0.25, 0.3) is 0 Å². The van der Waals surface area contributed by atoms with Crippen LogP contribution in [0.5, 0.6) is 0 Å². The van der Waals surface area contributed by atoms with E-state index in [0.29, 0.717) is 19.8 Å². The molecule has 1 aromatic heterocycles. The van der Waals surface area contributed by atoms with Crippen molar-refractivity contribution in [1.29, 1.82) is 0 Å². The summed E-state index contributed by atoms with van der Waals surface area (Å²) >= 11 is 0. The van der Waals surface area contributed by atoms with E-state index in [-0.39, 0.29) is 0 Å². The smallest absolute Gasteiger partial charge is 0.0897 e. The number of benzene rings is 1. The Bertz CT molecular complexity index is 543. The van der Waals surface area contributed by atoms with Crippen LogP contribution in [0.2, 0.25) is 0 Å².